The summed E-state index contributed by atoms with van der Waals surface area (Å²) in [6.45, 7) is 3.63. The third kappa shape index (κ3) is 4.75. The van der Waals surface area contributed by atoms with E-state index < -0.39 is 17.7 Å². The Kier molecular flexibility index (Phi) is 7.41. The molecule has 1 amide bonds. The summed E-state index contributed by atoms with van der Waals surface area (Å²) in [4.78, 5) is 30.1. The van der Waals surface area contributed by atoms with E-state index in [1.165, 1.54) is 19.1 Å². The average molecular weight is 487 g/mol. The van der Waals surface area contributed by atoms with Crippen molar-refractivity contribution in [2.24, 2.45) is 0 Å². The van der Waals surface area contributed by atoms with E-state index in [-0.39, 0.29) is 11.3 Å². The highest BCUT2D eigenvalue weighted by Gasteiger charge is 2.47. The van der Waals surface area contributed by atoms with Crippen LogP contribution in [0, 0.1) is 0 Å². The van der Waals surface area contributed by atoms with Crippen LogP contribution >= 0.6 is 11.6 Å². The van der Waals surface area contributed by atoms with Gasteiger partial charge < -0.3 is 24.2 Å². The second kappa shape index (κ2) is 10.5. The highest BCUT2D eigenvalue weighted by Crippen LogP contribution is 2.43. The van der Waals surface area contributed by atoms with Crippen molar-refractivity contribution >= 4 is 29.1 Å². The summed E-state index contributed by atoms with van der Waals surface area (Å²) >= 11 is 5.99. The van der Waals surface area contributed by atoms with Crippen LogP contribution in [0.3, 0.4) is 0 Å². The molecule has 180 valence electrons. The summed E-state index contributed by atoms with van der Waals surface area (Å²) < 4.78 is 16.4. The molecule has 0 spiro atoms. The quantitative estimate of drug-likeness (QED) is 0.365. The number of morpholine rings is 1. The van der Waals surface area contributed by atoms with E-state index in [1.54, 1.807) is 42.5 Å². The number of methoxy groups -OCH3 is 2. The van der Waals surface area contributed by atoms with Crippen LogP contribution in [0.1, 0.15) is 17.2 Å². The normalized spacial score (nSPS) is 20.6. The van der Waals surface area contributed by atoms with Gasteiger partial charge in [-0.2, -0.15) is 0 Å². The maximum atomic E-state index is 13.2. The SMILES string of the molecule is COc1ccc(OC)c([C@H]2/C(=C(\O)c3ccc(Cl)cc3)C(=O)C(=O)N2CCN2CCOCC2)c1. The first-order valence-corrected chi connectivity index (χ1v) is 11.4. The molecule has 0 radical (unpaired) electrons. The van der Waals surface area contributed by atoms with Gasteiger partial charge in [-0.3, -0.25) is 14.5 Å². The second-order valence-electron chi connectivity index (χ2n) is 8.06. The number of hydrogen-bond donors (Lipinski definition) is 1. The molecule has 0 aliphatic carbocycles. The van der Waals surface area contributed by atoms with Crippen LogP contribution < -0.4 is 9.47 Å². The fraction of sp³-hybridized carbons (Fsp3) is 0.360. The summed E-state index contributed by atoms with van der Waals surface area (Å²) in [5.41, 5.74) is 0.946. The predicted molar refractivity (Wildman–Crippen MR) is 127 cm³/mol. The molecule has 8 nitrogen and oxygen atoms in total. The Morgan fingerprint density at radius 2 is 1.76 bits per heavy atom. The molecular weight excluding hydrogens is 460 g/mol. The standard InChI is InChI=1S/C25H27ClN2O6/c1-32-18-7-8-20(33-2)19(15-18)22-21(23(29)16-3-5-17(26)6-4-16)24(30)25(31)28(22)10-9-27-11-13-34-14-12-27/h3-8,15,22,29H,9-14H2,1-2H3/b23-21+/t22-/m0/s1. The number of amides is 1. The highest BCUT2D eigenvalue weighted by atomic mass is 35.5. The van der Waals surface area contributed by atoms with Gasteiger partial charge in [0.05, 0.1) is 39.0 Å². The van der Waals surface area contributed by atoms with E-state index >= 15 is 0 Å². The van der Waals surface area contributed by atoms with Gasteiger partial charge in [0, 0.05) is 42.3 Å². The minimum atomic E-state index is -0.846. The lowest BCUT2D eigenvalue weighted by Gasteiger charge is -2.31. The molecule has 1 N–H and O–H groups in total. The molecule has 2 aromatic rings. The van der Waals surface area contributed by atoms with Crippen molar-refractivity contribution in [1.82, 2.24) is 9.80 Å². The van der Waals surface area contributed by atoms with Gasteiger partial charge in [0.25, 0.3) is 11.7 Å². The van der Waals surface area contributed by atoms with Crippen LogP contribution in [0.2, 0.25) is 5.02 Å². The lowest BCUT2D eigenvalue weighted by atomic mass is 9.94. The molecule has 4 rings (SSSR count). The number of carbonyl (C=O) groups excluding carboxylic acids is 2. The minimum absolute atomic E-state index is 0.000790. The van der Waals surface area contributed by atoms with E-state index in [0.717, 1.165) is 13.1 Å². The lowest BCUT2D eigenvalue weighted by Crippen LogP contribution is -2.42. The van der Waals surface area contributed by atoms with E-state index in [9.17, 15) is 14.7 Å². The summed E-state index contributed by atoms with van der Waals surface area (Å²) in [5.74, 6) is -0.658. The third-order valence-electron chi connectivity index (χ3n) is 6.15. The molecule has 0 unspecified atom stereocenters. The number of nitrogens with zero attached hydrogens (tertiary/aromatic N) is 2. The number of aliphatic hydroxyl groups is 1. The molecular formula is C25H27ClN2O6. The van der Waals surface area contributed by atoms with Crippen LogP contribution in [0.5, 0.6) is 11.5 Å². The van der Waals surface area contributed by atoms with Crippen LogP contribution in [0.15, 0.2) is 48.0 Å². The highest BCUT2D eigenvalue weighted by molar-refractivity contribution is 6.46. The van der Waals surface area contributed by atoms with Crippen molar-refractivity contribution in [3.8, 4) is 11.5 Å². The molecule has 2 fully saturated rings. The number of carbonyl (C=O) groups is 2. The first-order chi connectivity index (χ1) is 16.4. The molecule has 0 bridgehead atoms. The Bertz CT molecular complexity index is 1100. The Hall–Kier alpha value is -3.07. The summed E-state index contributed by atoms with van der Waals surface area (Å²) in [7, 11) is 3.05. The third-order valence-corrected chi connectivity index (χ3v) is 6.40. The zero-order valence-electron chi connectivity index (χ0n) is 19.1. The predicted octanol–water partition coefficient (Wildman–Crippen LogP) is 3.11. The number of halogens is 1. The van der Waals surface area contributed by atoms with Gasteiger partial charge in [0.1, 0.15) is 17.3 Å². The largest absolute Gasteiger partial charge is 0.507 e. The molecule has 2 aliphatic rings. The molecule has 2 heterocycles. The van der Waals surface area contributed by atoms with Gasteiger partial charge in [-0.1, -0.05) is 11.6 Å². The zero-order valence-corrected chi connectivity index (χ0v) is 19.9. The van der Waals surface area contributed by atoms with E-state index in [4.69, 9.17) is 25.8 Å². The van der Waals surface area contributed by atoms with Gasteiger partial charge in [-0.05, 0) is 42.5 Å². The van der Waals surface area contributed by atoms with Crippen molar-refractivity contribution in [2.75, 3.05) is 53.6 Å². The Morgan fingerprint density at radius 3 is 2.41 bits per heavy atom. The number of aliphatic hydroxyl groups excluding tert-OH is 1. The molecule has 1 atom stereocenters. The topological polar surface area (TPSA) is 88.5 Å². The molecule has 0 aromatic heterocycles. The summed E-state index contributed by atoms with van der Waals surface area (Å²) in [5, 5.41) is 11.7. The van der Waals surface area contributed by atoms with Gasteiger partial charge in [-0.15, -0.1) is 0 Å². The smallest absolute Gasteiger partial charge is 0.295 e. The number of ether oxygens (including phenoxy) is 3. The van der Waals surface area contributed by atoms with Crippen molar-refractivity contribution in [3.63, 3.8) is 0 Å². The summed E-state index contributed by atoms with van der Waals surface area (Å²) in [6, 6.07) is 10.8. The number of benzene rings is 2. The summed E-state index contributed by atoms with van der Waals surface area (Å²) in [6.07, 6.45) is 0. The van der Waals surface area contributed by atoms with Gasteiger partial charge >= 0.3 is 0 Å². The number of ketones is 1. The average Bonchev–Trinajstić information content (AvgIpc) is 3.12. The number of likely N-dealkylation sites (tertiary alicyclic amines) is 1. The minimum Gasteiger partial charge on any atom is -0.507 e. The van der Waals surface area contributed by atoms with Gasteiger partial charge in [0.15, 0.2) is 0 Å². The first kappa shape index (κ1) is 24.1. The molecule has 2 aromatic carbocycles. The number of hydrogen-bond acceptors (Lipinski definition) is 7. The van der Waals surface area contributed by atoms with Crippen LogP contribution in [0.25, 0.3) is 5.76 Å². The van der Waals surface area contributed by atoms with Gasteiger partial charge in [0.2, 0.25) is 0 Å². The Morgan fingerprint density at radius 1 is 1.06 bits per heavy atom. The van der Waals surface area contributed by atoms with Crippen LogP contribution in [0.4, 0.5) is 0 Å². The maximum absolute atomic E-state index is 13.2. The van der Waals surface area contributed by atoms with Crippen molar-refractivity contribution < 1.29 is 28.9 Å². The first-order valence-electron chi connectivity index (χ1n) is 11.0. The van der Waals surface area contributed by atoms with Crippen molar-refractivity contribution in [2.45, 2.75) is 6.04 Å². The zero-order chi connectivity index (χ0) is 24.2. The monoisotopic (exact) mass is 486 g/mol. The molecule has 9 heteroatoms. The number of rotatable bonds is 7. The van der Waals surface area contributed by atoms with Crippen LogP contribution in [-0.2, 0) is 14.3 Å². The van der Waals surface area contributed by atoms with Crippen LogP contribution in [-0.4, -0.2) is 80.2 Å². The lowest BCUT2D eigenvalue weighted by molar-refractivity contribution is -0.140. The number of Topliss-reactive ketones (excluding diaryl/α,β-unsaturated/α-hetero) is 1. The van der Waals surface area contributed by atoms with Crippen molar-refractivity contribution in [3.05, 3.63) is 64.2 Å². The van der Waals surface area contributed by atoms with E-state index in [0.29, 0.717) is 54.0 Å². The second-order valence-corrected chi connectivity index (χ2v) is 8.50. The maximum Gasteiger partial charge on any atom is 0.295 e. The van der Waals surface area contributed by atoms with E-state index in [2.05, 4.69) is 4.90 Å². The molecule has 2 aliphatic heterocycles. The van der Waals surface area contributed by atoms with E-state index in [1.807, 2.05) is 0 Å². The van der Waals surface area contributed by atoms with Gasteiger partial charge in [-0.25, -0.2) is 0 Å². The fourth-order valence-electron chi connectivity index (χ4n) is 4.32. The Labute approximate surface area is 203 Å². The van der Waals surface area contributed by atoms with Crippen molar-refractivity contribution in [1.29, 1.82) is 0 Å². The molecule has 0 saturated carbocycles. The molecule has 2 saturated heterocycles. The molecule has 34 heavy (non-hydrogen) atoms. The fourth-order valence-corrected chi connectivity index (χ4v) is 4.45. The Balaban J connectivity index is 1.81.